The fraction of sp³-hybridized carbons (Fsp3) is 1.00. The van der Waals surface area contributed by atoms with Crippen LogP contribution in [0.25, 0.3) is 0 Å². The third kappa shape index (κ3) is 3.74. The molecule has 4 atom stereocenters. The normalized spacial score (nSPS) is 38.3. The average Bonchev–Trinajstić information content (AvgIpc) is 2.51. The number of thioether (sulfide) groups is 2. The third-order valence-electron chi connectivity index (χ3n) is 5.37. The van der Waals surface area contributed by atoms with Gasteiger partial charge in [-0.25, -0.2) is 0 Å². The van der Waals surface area contributed by atoms with Crippen molar-refractivity contribution in [3.63, 3.8) is 0 Å². The summed E-state index contributed by atoms with van der Waals surface area (Å²) in [7, 11) is 2.16. The molecule has 3 aliphatic rings. The first kappa shape index (κ1) is 16.4. The summed E-state index contributed by atoms with van der Waals surface area (Å²) in [6.45, 7) is 5.10. The average molecular weight is 332 g/mol. The monoisotopic (exact) mass is 331 g/mol. The minimum Gasteiger partial charge on any atom is -0.381 e. The molecule has 0 aromatic heterocycles. The summed E-state index contributed by atoms with van der Waals surface area (Å²) in [6, 6.07) is 0.626. The van der Waals surface area contributed by atoms with Crippen molar-refractivity contribution in [2.45, 2.75) is 54.7 Å². The summed E-state index contributed by atoms with van der Waals surface area (Å²) in [5.41, 5.74) is 0.117. The zero-order chi connectivity index (χ0) is 14.7. The van der Waals surface area contributed by atoms with E-state index in [1.54, 1.807) is 0 Å². The van der Waals surface area contributed by atoms with Crippen molar-refractivity contribution in [1.29, 1.82) is 0 Å². The van der Waals surface area contributed by atoms with Gasteiger partial charge in [0.25, 0.3) is 0 Å². The lowest BCUT2D eigenvalue weighted by atomic mass is 9.76. The van der Waals surface area contributed by atoms with E-state index in [1.807, 2.05) is 0 Å². The molecule has 0 amide bonds. The fourth-order valence-corrected chi connectivity index (χ4v) is 7.26. The van der Waals surface area contributed by atoms with Crippen molar-refractivity contribution in [3.05, 3.63) is 0 Å². The number of hydrogen-bond acceptors (Lipinski definition) is 5. The minimum absolute atomic E-state index is 0.117. The van der Waals surface area contributed by atoms with Crippen molar-refractivity contribution < 1.29 is 9.47 Å². The Labute approximate surface area is 137 Å². The maximum atomic E-state index is 6.23. The highest BCUT2D eigenvalue weighted by atomic mass is 32.2. The Balaban J connectivity index is 1.68. The molecule has 3 saturated heterocycles. The summed E-state index contributed by atoms with van der Waals surface area (Å²) in [6.07, 6.45) is 4.60. The van der Waals surface area contributed by atoms with Crippen molar-refractivity contribution in [2.24, 2.45) is 5.92 Å². The number of ether oxygens (including phenoxy) is 2. The number of hydrogen-bond donors (Lipinski definition) is 1. The molecule has 5 heteroatoms. The second-order valence-electron chi connectivity index (χ2n) is 6.62. The predicted molar refractivity (Wildman–Crippen MR) is 92.5 cm³/mol. The predicted octanol–water partition coefficient (Wildman–Crippen LogP) is 2.79. The summed E-state index contributed by atoms with van der Waals surface area (Å²) < 4.78 is 11.8. The van der Waals surface area contributed by atoms with E-state index in [-0.39, 0.29) is 5.60 Å². The highest BCUT2D eigenvalue weighted by Crippen LogP contribution is 2.42. The molecule has 1 spiro atoms. The van der Waals surface area contributed by atoms with Crippen molar-refractivity contribution in [3.8, 4) is 0 Å². The zero-order valence-corrected chi connectivity index (χ0v) is 14.9. The molecule has 3 nitrogen and oxygen atoms in total. The van der Waals surface area contributed by atoms with E-state index >= 15 is 0 Å². The molecule has 3 heterocycles. The fourth-order valence-electron chi connectivity index (χ4n) is 4.18. The van der Waals surface area contributed by atoms with Crippen LogP contribution in [-0.4, -0.2) is 60.5 Å². The second-order valence-corrected chi connectivity index (χ2v) is 9.39. The lowest BCUT2D eigenvalue weighted by Crippen LogP contribution is -2.53. The molecule has 4 unspecified atom stereocenters. The Kier molecular flexibility index (Phi) is 5.82. The maximum absolute atomic E-state index is 6.23. The molecule has 0 aromatic carbocycles. The van der Waals surface area contributed by atoms with Gasteiger partial charge in [-0.2, -0.15) is 23.5 Å². The molecule has 1 N–H and O–H groups in total. The van der Waals surface area contributed by atoms with Gasteiger partial charge in [0, 0.05) is 47.9 Å². The van der Waals surface area contributed by atoms with Crippen molar-refractivity contribution in [1.82, 2.24) is 5.32 Å². The molecule has 3 rings (SSSR count). The summed E-state index contributed by atoms with van der Waals surface area (Å²) >= 11 is 4.33. The largest absolute Gasteiger partial charge is 0.381 e. The summed E-state index contributed by atoms with van der Waals surface area (Å²) in [4.78, 5) is 0. The number of rotatable bonds is 3. The van der Waals surface area contributed by atoms with E-state index in [2.05, 4.69) is 42.8 Å². The first-order valence-corrected chi connectivity index (χ1v) is 10.5. The molecule has 0 saturated carbocycles. The Hall–Kier alpha value is 0.580. The van der Waals surface area contributed by atoms with Gasteiger partial charge in [-0.1, -0.05) is 6.92 Å². The van der Waals surface area contributed by atoms with Gasteiger partial charge in [0.15, 0.2) is 0 Å². The maximum Gasteiger partial charge on any atom is 0.0729 e. The smallest absolute Gasteiger partial charge is 0.0729 e. The SMILES string of the molecule is CNC(C1CCOC2(CCOCC2)C1)C1SCCSC1C. The van der Waals surface area contributed by atoms with E-state index in [1.165, 1.54) is 24.3 Å². The zero-order valence-electron chi connectivity index (χ0n) is 13.3. The van der Waals surface area contributed by atoms with Gasteiger partial charge in [-0.3, -0.25) is 0 Å². The molecule has 21 heavy (non-hydrogen) atoms. The van der Waals surface area contributed by atoms with Crippen LogP contribution < -0.4 is 5.32 Å². The lowest BCUT2D eigenvalue weighted by molar-refractivity contribution is -0.150. The lowest BCUT2D eigenvalue weighted by Gasteiger charge is -2.47. The van der Waals surface area contributed by atoms with E-state index in [0.717, 1.165) is 49.1 Å². The van der Waals surface area contributed by atoms with Crippen LogP contribution in [0.5, 0.6) is 0 Å². The van der Waals surface area contributed by atoms with Gasteiger partial charge < -0.3 is 14.8 Å². The van der Waals surface area contributed by atoms with Gasteiger partial charge in [0.2, 0.25) is 0 Å². The Morgan fingerprint density at radius 2 is 1.90 bits per heavy atom. The van der Waals surface area contributed by atoms with E-state index in [4.69, 9.17) is 9.47 Å². The first-order chi connectivity index (χ1) is 10.2. The van der Waals surface area contributed by atoms with Crippen LogP contribution in [-0.2, 0) is 9.47 Å². The van der Waals surface area contributed by atoms with Crippen LogP contribution >= 0.6 is 23.5 Å². The standard InChI is InChI=1S/C16H29NO2S2/c1-12-15(21-10-9-20-12)14(17-2)13-3-6-19-16(11-13)4-7-18-8-5-16/h12-15,17H,3-11H2,1-2H3. The molecule has 0 radical (unpaired) electrons. The summed E-state index contributed by atoms with van der Waals surface area (Å²) in [5, 5.41) is 5.18. The van der Waals surface area contributed by atoms with Crippen molar-refractivity contribution in [2.75, 3.05) is 38.4 Å². The van der Waals surface area contributed by atoms with Gasteiger partial charge in [-0.15, -0.1) is 0 Å². The number of nitrogens with one attached hydrogen (secondary N) is 1. The van der Waals surface area contributed by atoms with Gasteiger partial charge >= 0.3 is 0 Å². The van der Waals surface area contributed by atoms with Gasteiger partial charge in [-0.05, 0) is 38.6 Å². The van der Waals surface area contributed by atoms with Crippen LogP contribution in [0.2, 0.25) is 0 Å². The van der Waals surface area contributed by atoms with Crippen molar-refractivity contribution >= 4 is 23.5 Å². The third-order valence-corrected chi connectivity index (χ3v) is 8.58. The molecule has 0 aliphatic carbocycles. The Morgan fingerprint density at radius 1 is 1.14 bits per heavy atom. The molecule has 0 bridgehead atoms. The quantitative estimate of drug-likeness (QED) is 0.859. The summed E-state index contributed by atoms with van der Waals surface area (Å²) in [5.74, 6) is 3.37. The van der Waals surface area contributed by atoms with Crippen LogP contribution in [0, 0.1) is 5.92 Å². The molecule has 3 fully saturated rings. The van der Waals surface area contributed by atoms with Crippen LogP contribution in [0.1, 0.15) is 32.6 Å². The molecule has 122 valence electrons. The molecular formula is C16H29NO2S2. The second kappa shape index (κ2) is 7.43. The highest BCUT2D eigenvalue weighted by Gasteiger charge is 2.43. The van der Waals surface area contributed by atoms with E-state index < -0.39 is 0 Å². The molecule has 0 aromatic rings. The minimum atomic E-state index is 0.117. The van der Waals surface area contributed by atoms with Gasteiger partial charge in [0.1, 0.15) is 0 Å². The van der Waals surface area contributed by atoms with Gasteiger partial charge in [0.05, 0.1) is 5.60 Å². The topological polar surface area (TPSA) is 30.5 Å². The Morgan fingerprint density at radius 3 is 2.62 bits per heavy atom. The molecule has 3 aliphatic heterocycles. The Bertz CT molecular complexity index is 331. The van der Waals surface area contributed by atoms with E-state index in [0.29, 0.717) is 6.04 Å². The first-order valence-electron chi connectivity index (χ1n) is 8.36. The van der Waals surface area contributed by atoms with Crippen LogP contribution in [0.4, 0.5) is 0 Å². The van der Waals surface area contributed by atoms with E-state index in [9.17, 15) is 0 Å². The van der Waals surface area contributed by atoms with Crippen LogP contribution in [0.15, 0.2) is 0 Å². The highest BCUT2D eigenvalue weighted by molar-refractivity contribution is 8.07. The van der Waals surface area contributed by atoms with Crippen LogP contribution in [0.3, 0.4) is 0 Å². The molecular weight excluding hydrogens is 302 g/mol.